The van der Waals surface area contributed by atoms with Gasteiger partial charge < -0.3 is 20.4 Å². The van der Waals surface area contributed by atoms with E-state index in [0.29, 0.717) is 42.0 Å². The van der Waals surface area contributed by atoms with Gasteiger partial charge in [0.2, 0.25) is 11.8 Å². The van der Waals surface area contributed by atoms with Crippen LogP contribution in [0, 0.1) is 5.82 Å². The monoisotopic (exact) mass is 498 g/mol. The lowest BCUT2D eigenvalue weighted by Crippen LogP contribution is -2.38. The zero-order chi connectivity index (χ0) is 24.8. The summed E-state index contributed by atoms with van der Waals surface area (Å²) in [6, 6.07) is 12.5. The third kappa shape index (κ3) is 6.44. The van der Waals surface area contributed by atoms with Gasteiger partial charge in [-0.15, -0.1) is 10.2 Å². The van der Waals surface area contributed by atoms with Crippen LogP contribution in [0.25, 0.3) is 11.4 Å². The number of aromatic nitrogens is 3. The quantitative estimate of drug-likeness (QED) is 0.436. The summed E-state index contributed by atoms with van der Waals surface area (Å²) in [5.41, 5.74) is 6.94. The van der Waals surface area contributed by atoms with Gasteiger partial charge in [0.05, 0.1) is 18.5 Å². The lowest BCUT2D eigenvalue weighted by molar-refractivity contribution is -0.115. The van der Waals surface area contributed by atoms with Crippen LogP contribution < -0.4 is 11.1 Å². The predicted octanol–water partition coefficient (Wildman–Crippen LogP) is 2.63. The minimum atomic E-state index is -0.528. The van der Waals surface area contributed by atoms with Gasteiger partial charge in [-0.1, -0.05) is 11.8 Å². The Labute approximate surface area is 206 Å². The van der Waals surface area contributed by atoms with E-state index in [1.165, 1.54) is 23.9 Å². The highest BCUT2D eigenvalue weighted by atomic mass is 32.2. The van der Waals surface area contributed by atoms with Crippen LogP contribution in [0.3, 0.4) is 0 Å². The van der Waals surface area contributed by atoms with Gasteiger partial charge in [-0.05, 0) is 55.5 Å². The topological polar surface area (TPSA) is 115 Å². The van der Waals surface area contributed by atoms with Gasteiger partial charge in [0.1, 0.15) is 5.82 Å². The van der Waals surface area contributed by atoms with Gasteiger partial charge in [-0.2, -0.15) is 0 Å². The van der Waals surface area contributed by atoms with Crippen molar-refractivity contribution in [3.8, 4) is 11.4 Å². The molecular formula is C24H27FN6O3S. The van der Waals surface area contributed by atoms with Crippen molar-refractivity contribution in [1.29, 1.82) is 0 Å². The van der Waals surface area contributed by atoms with Crippen LogP contribution in [-0.2, 0) is 16.1 Å². The van der Waals surface area contributed by atoms with E-state index < -0.39 is 11.2 Å². The van der Waals surface area contributed by atoms with Crippen molar-refractivity contribution in [3.05, 3.63) is 59.9 Å². The molecule has 11 heteroatoms. The van der Waals surface area contributed by atoms with Crippen LogP contribution in [0.2, 0.25) is 0 Å². The molecule has 1 aliphatic rings. The van der Waals surface area contributed by atoms with Crippen LogP contribution >= 0.6 is 11.8 Å². The predicted molar refractivity (Wildman–Crippen MR) is 132 cm³/mol. The maximum absolute atomic E-state index is 13.5. The number of carbonyl (C=O) groups is 2. The van der Waals surface area contributed by atoms with Gasteiger partial charge >= 0.3 is 0 Å². The van der Waals surface area contributed by atoms with Crippen molar-refractivity contribution in [1.82, 2.24) is 19.7 Å². The number of anilines is 1. The first-order valence-corrected chi connectivity index (χ1v) is 12.2. The number of hydrogen-bond acceptors (Lipinski definition) is 7. The molecule has 0 radical (unpaired) electrons. The maximum Gasteiger partial charge on any atom is 0.248 e. The number of benzene rings is 2. The van der Waals surface area contributed by atoms with Crippen molar-refractivity contribution in [2.24, 2.45) is 5.73 Å². The van der Waals surface area contributed by atoms with Crippen molar-refractivity contribution < 1.29 is 18.7 Å². The Morgan fingerprint density at radius 3 is 2.43 bits per heavy atom. The fraction of sp³-hybridized carbons (Fsp3) is 0.333. The summed E-state index contributed by atoms with van der Waals surface area (Å²) in [6.45, 7) is 6.28. The summed E-state index contributed by atoms with van der Waals surface area (Å²) in [4.78, 5) is 26.4. The molecule has 184 valence electrons. The van der Waals surface area contributed by atoms with E-state index in [1.807, 2.05) is 4.57 Å². The van der Waals surface area contributed by atoms with E-state index in [-0.39, 0.29) is 11.7 Å². The molecule has 1 saturated heterocycles. The summed E-state index contributed by atoms with van der Waals surface area (Å²) < 4.78 is 20.9. The third-order valence-corrected chi connectivity index (χ3v) is 6.73. The van der Waals surface area contributed by atoms with Gasteiger partial charge in [0, 0.05) is 43.0 Å². The number of nitrogens with two attached hydrogens (primary N) is 1. The number of nitrogens with zero attached hydrogens (tertiary/aromatic N) is 4. The molecule has 1 aliphatic heterocycles. The summed E-state index contributed by atoms with van der Waals surface area (Å²) in [5, 5.41) is 11.7. The Balaban J connectivity index is 1.49. The number of carbonyl (C=O) groups excluding carboxylic acids is 2. The summed E-state index contributed by atoms with van der Waals surface area (Å²) in [6.07, 6.45) is 0. The second-order valence-electron chi connectivity index (χ2n) is 8.11. The van der Waals surface area contributed by atoms with Gasteiger partial charge in [0.25, 0.3) is 0 Å². The molecule has 2 heterocycles. The number of thioether (sulfide) groups is 1. The molecule has 35 heavy (non-hydrogen) atoms. The van der Waals surface area contributed by atoms with E-state index in [4.69, 9.17) is 10.5 Å². The van der Waals surface area contributed by atoms with Crippen molar-refractivity contribution in [3.63, 3.8) is 0 Å². The van der Waals surface area contributed by atoms with Gasteiger partial charge in [-0.3, -0.25) is 14.5 Å². The normalized spacial score (nSPS) is 15.0. The Hall–Kier alpha value is -3.28. The van der Waals surface area contributed by atoms with Crippen LogP contribution in [0.1, 0.15) is 17.3 Å². The molecule has 0 bridgehead atoms. The number of morpholine rings is 1. The highest BCUT2D eigenvalue weighted by Crippen LogP contribution is 2.28. The van der Waals surface area contributed by atoms with Gasteiger partial charge in [0.15, 0.2) is 11.0 Å². The van der Waals surface area contributed by atoms with Crippen LogP contribution in [0.4, 0.5) is 10.1 Å². The van der Waals surface area contributed by atoms with Crippen molar-refractivity contribution in [2.75, 3.05) is 38.2 Å². The lowest BCUT2D eigenvalue weighted by Gasteiger charge is -2.27. The first kappa shape index (κ1) is 24.8. The van der Waals surface area contributed by atoms with E-state index >= 15 is 0 Å². The van der Waals surface area contributed by atoms with E-state index in [9.17, 15) is 14.0 Å². The molecule has 2 amide bonds. The highest BCUT2D eigenvalue weighted by Gasteiger charge is 2.22. The van der Waals surface area contributed by atoms with Crippen LogP contribution in [-0.4, -0.2) is 69.6 Å². The fourth-order valence-electron chi connectivity index (χ4n) is 3.63. The minimum absolute atomic E-state index is 0.215. The summed E-state index contributed by atoms with van der Waals surface area (Å²) in [5.74, 6) is -0.444. The molecule has 2 aromatic carbocycles. The highest BCUT2D eigenvalue weighted by molar-refractivity contribution is 8.00. The zero-order valence-electron chi connectivity index (χ0n) is 19.3. The van der Waals surface area contributed by atoms with Crippen molar-refractivity contribution in [2.45, 2.75) is 23.9 Å². The molecule has 1 fully saturated rings. The number of ether oxygens (including phenoxy) is 1. The van der Waals surface area contributed by atoms with Crippen LogP contribution in [0.15, 0.2) is 53.7 Å². The second kappa shape index (κ2) is 11.4. The number of primary amides is 1. The molecule has 0 spiro atoms. The molecular weight excluding hydrogens is 471 g/mol. The number of rotatable bonds is 9. The Morgan fingerprint density at radius 1 is 1.09 bits per heavy atom. The average molecular weight is 499 g/mol. The molecule has 1 atom stereocenters. The smallest absolute Gasteiger partial charge is 0.248 e. The average Bonchev–Trinajstić information content (AvgIpc) is 3.26. The fourth-order valence-corrected chi connectivity index (χ4v) is 4.50. The van der Waals surface area contributed by atoms with E-state index in [0.717, 1.165) is 25.2 Å². The second-order valence-corrected chi connectivity index (χ2v) is 9.42. The minimum Gasteiger partial charge on any atom is -0.379 e. The number of halogens is 1. The van der Waals surface area contributed by atoms with Gasteiger partial charge in [-0.25, -0.2) is 4.39 Å². The Bertz CT molecular complexity index is 1160. The summed E-state index contributed by atoms with van der Waals surface area (Å²) in [7, 11) is 0. The number of nitrogens with one attached hydrogen (secondary N) is 1. The molecule has 0 aliphatic carbocycles. The molecule has 9 nitrogen and oxygen atoms in total. The number of amides is 2. The Morgan fingerprint density at radius 2 is 1.77 bits per heavy atom. The molecule has 0 saturated carbocycles. The zero-order valence-corrected chi connectivity index (χ0v) is 20.1. The van der Waals surface area contributed by atoms with E-state index in [1.54, 1.807) is 43.3 Å². The SMILES string of the molecule is CC(Sc1nnc(-c2ccc(F)cc2)n1CCN1CCOCC1)C(=O)Nc1ccc(C(N)=O)cc1. The summed E-state index contributed by atoms with van der Waals surface area (Å²) >= 11 is 1.30. The largest absolute Gasteiger partial charge is 0.379 e. The molecule has 1 aromatic heterocycles. The third-order valence-electron chi connectivity index (χ3n) is 5.65. The number of hydrogen-bond donors (Lipinski definition) is 2. The Kier molecular flexibility index (Phi) is 8.11. The lowest BCUT2D eigenvalue weighted by atomic mass is 10.2. The van der Waals surface area contributed by atoms with E-state index in [2.05, 4.69) is 20.4 Å². The van der Waals surface area contributed by atoms with Crippen molar-refractivity contribution >= 4 is 29.3 Å². The van der Waals surface area contributed by atoms with Crippen LogP contribution in [0.5, 0.6) is 0 Å². The first-order valence-electron chi connectivity index (χ1n) is 11.3. The standard InChI is InChI=1S/C24H27FN6O3S/c1-16(23(33)27-20-8-4-17(5-9-20)21(26)32)35-24-29-28-22(18-2-6-19(25)7-3-18)31(24)11-10-30-12-14-34-15-13-30/h2-9,16H,10-15H2,1H3,(H2,26,32)(H,27,33). The molecule has 1 unspecified atom stereocenters. The molecule has 4 rings (SSSR count). The molecule has 3 aromatic rings. The molecule has 3 N–H and O–H groups in total. The first-order chi connectivity index (χ1) is 16.9. The maximum atomic E-state index is 13.5.